The van der Waals surface area contributed by atoms with Crippen molar-refractivity contribution in [1.29, 1.82) is 0 Å². The fourth-order valence-corrected chi connectivity index (χ4v) is 3.85. The number of nitrogens with two attached hydrogens (primary N) is 1. The van der Waals surface area contributed by atoms with Crippen LogP contribution >= 0.6 is 0 Å². The Balaban J connectivity index is 4.98. The number of carboxylic acid groups (broad SMARTS) is 2. The number of carbonyl (C=O) groups is 3. The lowest BCUT2D eigenvalue weighted by Crippen LogP contribution is -2.64. The molecule has 170 valence electrons. The van der Waals surface area contributed by atoms with Gasteiger partial charge in [0.05, 0.1) is 5.41 Å². The molecule has 29 heavy (non-hydrogen) atoms. The van der Waals surface area contributed by atoms with Gasteiger partial charge in [-0.1, -0.05) is 72.6 Å². The molecule has 0 saturated heterocycles. The van der Waals surface area contributed by atoms with Gasteiger partial charge in [0.1, 0.15) is 0 Å². The topological polar surface area (TPSA) is 130 Å². The smallest absolute Gasteiger partial charge is 0.344 e. The Kier molecular flexibility index (Phi) is 11.5. The molecule has 0 aliphatic rings. The monoisotopic (exact) mass is 414 g/mol. The van der Waals surface area contributed by atoms with Crippen molar-refractivity contribution in [1.82, 2.24) is 5.32 Å². The number of carbonyl (C=O) groups excluding carboxylic acids is 1. The van der Waals surface area contributed by atoms with Crippen molar-refractivity contribution >= 4 is 17.8 Å². The summed E-state index contributed by atoms with van der Waals surface area (Å²) in [5.74, 6) is -2.76. The van der Waals surface area contributed by atoms with Gasteiger partial charge < -0.3 is 15.5 Å². The van der Waals surface area contributed by atoms with E-state index < -0.39 is 34.3 Å². The minimum Gasteiger partial charge on any atom is -0.481 e. The first-order valence-corrected chi connectivity index (χ1v) is 10.9. The second-order valence-electron chi connectivity index (χ2n) is 9.14. The summed E-state index contributed by atoms with van der Waals surface area (Å²) >= 11 is 0. The number of amides is 1. The molecule has 1 amide bonds. The Labute approximate surface area is 175 Å². The highest BCUT2D eigenvalue weighted by Crippen LogP contribution is 2.47. The minimum absolute atomic E-state index is 0.180. The van der Waals surface area contributed by atoms with E-state index in [-0.39, 0.29) is 12.8 Å². The second kappa shape index (κ2) is 12.2. The lowest BCUT2D eigenvalue weighted by atomic mass is 9.61. The number of hydrogen-bond acceptors (Lipinski definition) is 4. The van der Waals surface area contributed by atoms with Gasteiger partial charge in [-0.3, -0.25) is 15.3 Å². The molecule has 7 nitrogen and oxygen atoms in total. The van der Waals surface area contributed by atoms with Crippen LogP contribution in [0.1, 0.15) is 105 Å². The van der Waals surface area contributed by atoms with E-state index in [1.807, 2.05) is 6.92 Å². The molecule has 5 N–H and O–H groups in total. The molecule has 0 aromatic rings. The Hall–Kier alpha value is -1.63. The normalized spacial score (nSPS) is 15.9. The van der Waals surface area contributed by atoms with Crippen LogP contribution in [0, 0.1) is 10.8 Å². The first-order chi connectivity index (χ1) is 13.4. The quantitative estimate of drug-likeness (QED) is 0.220. The van der Waals surface area contributed by atoms with Crippen molar-refractivity contribution in [2.24, 2.45) is 16.6 Å². The number of carboxylic acids is 2. The summed E-state index contributed by atoms with van der Waals surface area (Å²) in [5, 5.41) is 21.9. The van der Waals surface area contributed by atoms with E-state index in [1.54, 1.807) is 20.8 Å². The number of hydrogen-bond donors (Lipinski definition) is 4. The van der Waals surface area contributed by atoms with E-state index in [2.05, 4.69) is 12.2 Å². The Morgan fingerprint density at radius 1 is 0.828 bits per heavy atom. The van der Waals surface area contributed by atoms with Gasteiger partial charge in [0.2, 0.25) is 5.91 Å². The molecule has 0 bridgehead atoms. The average molecular weight is 415 g/mol. The molecule has 7 heteroatoms. The fourth-order valence-electron chi connectivity index (χ4n) is 3.85. The maximum atomic E-state index is 12.3. The zero-order valence-corrected chi connectivity index (χ0v) is 19.0. The highest BCUT2D eigenvalue weighted by Gasteiger charge is 2.52. The largest absolute Gasteiger partial charge is 0.481 e. The maximum Gasteiger partial charge on any atom is 0.344 e. The summed E-state index contributed by atoms with van der Waals surface area (Å²) in [7, 11) is 0. The third kappa shape index (κ3) is 8.33. The van der Waals surface area contributed by atoms with Crippen LogP contribution in [0.2, 0.25) is 0 Å². The zero-order chi connectivity index (χ0) is 22.7. The zero-order valence-electron chi connectivity index (χ0n) is 19.0. The molecule has 0 aliphatic heterocycles. The molecule has 0 aromatic carbocycles. The molecule has 1 unspecified atom stereocenters. The van der Waals surface area contributed by atoms with Crippen LogP contribution in [0.15, 0.2) is 0 Å². The van der Waals surface area contributed by atoms with Gasteiger partial charge in [0.15, 0.2) is 5.66 Å². The fraction of sp³-hybridized carbons (Fsp3) is 0.864. The summed E-state index contributed by atoms with van der Waals surface area (Å²) in [4.78, 5) is 36.1. The van der Waals surface area contributed by atoms with Crippen molar-refractivity contribution in [3.05, 3.63) is 0 Å². The van der Waals surface area contributed by atoms with Crippen molar-refractivity contribution in [2.75, 3.05) is 0 Å². The average Bonchev–Trinajstić information content (AvgIpc) is 2.60. The van der Waals surface area contributed by atoms with Gasteiger partial charge in [-0.05, 0) is 25.2 Å². The summed E-state index contributed by atoms with van der Waals surface area (Å²) in [6.07, 6.45) is 8.46. The number of rotatable bonds is 16. The molecule has 0 radical (unpaired) electrons. The standard InChI is InChI=1S/C22H42N2O5/c1-6-8-9-10-11-12-13-14-17(25)24-22(23,19(28)29)16-20(3,4)21(5,15-7-2)18(26)27/h6-16,23H2,1-5H3,(H,24,25)(H,26,27)(H,28,29)/t21-,22?/m0/s1. The predicted molar refractivity (Wildman–Crippen MR) is 114 cm³/mol. The van der Waals surface area contributed by atoms with Crippen LogP contribution in [-0.2, 0) is 14.4 Å². The van der Waals surface area contributed by atoms with Gasteiger partial charge >= 0.3 is 11.9 Å². The van der Waals surface area contributed by atoms with E-state index in [0.717, 1.165) is 19.3 Å². The van der Waals surface area contributed by atoms with E-state index in [0.29, 0.717) is 19.3 Å². The Morgan fingerprint density at radius 2 is 1.34 bits per heavy atom. The minimum atomic E-state index is -2.01. The van der Waals surface area contributed by atoms with E-state index in [9.17, 15) is 24.6 Å². The van der Waals surface area contributed by atoms with Gasteiger partial charge in [-0.15, -0.1) is 0 Å². The highest BCUT2D eigenvalue weighted by atomic mass is 16.4. The molecule has 0 aliphatic carbocycles. The summed E-state index contributed by atoms with van der Waals surface area (Å²) in [6, 6.07) is 0. The highest BCUT2D eigenvalue weighted by molar-refractivity contribution is 5.86. The molecule has 0 spiro atoms. The third-order valence-corrected chi connectivity index (χ3v) is 6.19. The number of nitrogens with one attached hydrogen (secondary N) is 1. The summed E-state index contributed by atoms with van der Waals surface area (Å²) < 4.78 is 0. The summed E-state index contributed by atoms with van der Waals surface area (Å²) in [5.41, 5.74) is 1.96. The van der Waals surface area contributed by atoms with Crippen LogP contribution in [0.3, 0.4) is 0 Å². The molecule has 0 heterocycles. The van der Waals surface area contributed by atoms with Crippen molar-refractivity contribution in [3.8, 4) is 0 Å². The molecule has 0 rings (SSSR count). The molecule has 0 aromatic heterocycles. The maximum absolute atomic E-state index is 12.3. The van der Waals surface area contributed by atoms with E-state index in [4.69, 9.17) is 5.73 Å². The first-order valence-electron chi connectivity index (χ1n) is 10.9. The van der Waals surface area contributed by atoms with Crippen LogP contribution in [-0.4, -0.2) is 33.7 Å². The van der Waals surface area contributed by atoms with E-state index >= 15 is 0 Å². The molecular formula is C22H42N2O5. The van der Waals surface area contributed by atoms with Crippen LogP contribution in [0.5, 0.6) is 0 Å². The Morgan fingerprint density at radius 3 is 1.79 bits per heavy atom. The molecular weight excluding hydrogens is 372 g/mol. The molecule has 0 saturated carbocycles. The van der Waals surface area contributed by atoms with Gasteiger partial charge in [-0.2, -0.15) is 0 Å². The third-order valence-electron chi connectivity index (χ3n) is 6.19. The number of aliphatic carboxylic acids is 2. The van der Waals surface area contributed by atoms with Crippen LogP contribution < -0.4 is 11.1 Å². The summed E-state index contributed by atoms with van der Waals surface area (Å²) in [6.45, 7) is 9.05. The van der Waals surface area contributed by atoms with E-state index in [1.165, 1.54) is 19.3 Å². The van der Waals surface area contributed by atoms with Crippen molar-refractivity contribution in [3.63, 3.8) is 0 Å². The van der Waals surface area contributed by atoms with Gasteiger partial charge in [-0.25, -0.2) is 4.79 Å². The SMILES string of the molecule is CCCCCCCCCC(=O)NC(N)(CC(C)(C)[C@@](C)(CCC)C(=O)O)C(=O)O. The van der Waals surface area contributed by atoms with Gasteiger partial charge in [0, 0.05) is 12.8 Å². The predicted octanol–water partition coefficient (Wildman–Crippen LogP) is 4.29. The molecule has 2 atom stereocenters. The van der Waals surface area contributed by atoms with Crippen LogP contribution in [0.25, 0.3) is 0 Å². The lowest BCUT2D eigenvalue weighted by molar-refractivity contribution is -0.161. The Bertz CT molecular complexity index is 549. The molecule has 0 fully saturated rings. The van der Waals surface area contributed by atoms with Crippen LogP contribution in [0.4, 0.5) is 0 Å². The second-order valence-corrected chi connectivity index (χ2v) is 9.14. The lowest BCUT2D eigenvalue weighted by Gasteiger charge is -2.44. The van der Waals surface area contributed by atoms with Gasteiger partial charge in [0.25, 0.3) is 0 Å². The van der Waals surface area contributed by atoms with Crippen molar-refractivity contribution < 1.29 is 24.6 Å². The number of unbranched alkanes of at least 4 members (excludes halogenated alkanes) is 6. The van der Waals surface area contributed by atoms with Crippen molar-refractivity contribution in [2.45, 2.75) is 111 Å². The first kappa shape index (κ1) is 27.4.